The molecule has 10 heteroatoms. The molecule has 1 amide bonds. The molecule has 1 saturated heterocycles. The summed E-state index contributed by atoms with van der Waals surface area (Å²) in [6.07, 6.45) is 1.98. The highest BCUT2D eigenvalue weighted by molar-refractivity contribution is 7.88. The van der Waals surface area contributed by atoms with Crippen molar-refractivity contribution in [3.8, 4) is 0 Å². The van der Waals surface area contributed by atoms with Gasteiger partial charge in [-0.15, -0.1) is 0 Å². The van der Waals surface area contributed by atoms with Crippen molar-refractivity contribution in [3.05, 3.63) is 34.9 Å². The third-order valence-corrected chi connectivity index (χ3v) is 6.25. The van der Waals surface area contributed by atoms with E-state index in [0.29, 0.717) is 36.5 Å². The molecule has 0 spiro atoms. The second-order valence-corrected chi connectivity index (χ2v) is 11.4. The van der Waals surface area contributed by atoms with Crippen LogP contribution in [0.15, 0.2) is 24.3 Å². The maximum Gasteiger partial charge on any atom is 0.408 e. The molecule has 2 aromatic rings. The fraction of sp³-hybridized carbons (Fsp3) is 0.545. The van der Waals surface area contributed by atoms with Crippen LogP contribution in [0.3, 0.4) is 0 Å². The van der Waals surface area contributed by atoms with Crippen molar-refractivity contribution in [2.75, 3.05) is 24.2 Å². The molecular weight excluding hydrogens is 452 g/mol. The third kappa shape index (κ3) is 6.46. The molecule has 0 bridgehead atoms. The maximum atomic E-state index is 12.4. The lowest BCUT2D eigenvalue weighted by Gasteiger charge is -2.35. The van der Waals surface area contributed by atoms with Gasteiger partial charge in [-0.25, -0.2) is 22.9 Å². The number of piperidine rings is 1. The van der Waals surface area contributed by atoms with E-state index in [4.69, 9.17) is 21.3 Å². The first-order chi connectivity index (χ1) is 14.8. The van der Waals surface area contributed by atoms with Crippen LogP contribution in [0.4, 0.5) is 10.6 Å². The Labute approximate surface area is 194 Å². The lowest BCUT2D eigenvalue weighted by atomic mass is 10.0. The molecule has 1 aliphatic rings. The van der Waals surface area contributed by atoms with Crippen molar-refractivity contribution in [2.24, 2.45) is 0 Å². The van der Waals surface area contributed by atoms with Gasteiger partial charge in [0.15, 0.2) is 0 Å². The Kier molecular flexibility index (Phi) is 7.21. The number of halogens is 1. The van der Waals surface area contributed by atoms with Crippen molar-refractivity contribution >= 4 is 44.4 Å². The van der Waals surface area contributed by atoms with E-state index < -0.39 is 21.7 Å². The fourth-order valence-corrected chi connectivity index (χ4v) is 4.88. The van der Waals surface area contributed by atoms with Crippen molar-refractivity contribution in [2.45, 2.75) is 58.2 Å². The van der Waals surface area contributed by atoms with Crippen LogP contribution >= 0.6 is 11.6 Å². The van der Waals surface area contributed by atoms with Gasteiger partial charge in [0.1, 0.15) is 11.4 Å². The van der Waals surface area contributed by atoms with Crippen LogP contribution in [0.25, 0.3) is 10.9 Å². The van der Waals surface area contributed by atoms with Gasteiger partial charge in [0.25, 0.3) is 0 Å². The van der Waals surface area contributed by atoms with Crippen LogP contribution in [-0.2, 0) is 14.8 Å². The number of aromatic nitrogens is 1. The van der Waals surface area contributed by atoms with E-state index in [9.17, 15) is 13.2 Å². The monoisotopic (exact) mass is 482 g/mol. The van der Waals surface area contributed by atoms with Crippen LogP contribution in [0.5, 0.6) is 0 Å². The number of nitrogens with zero attached hydrogens (tertiary/aromatic N) is 2. The third-order valence-electron chi connectivity index (χ3n) is 5.18. The Morgan fingerprint density at radius 2 is 1.94 bits per heavy atom. The van der Waals surface area contributed by atoms with E-state index in [2.05, 4.69) is 14.9 Å². The van der Waals surface area contributed by atoms with Gasteiger partial charge in [-0.3, -0.25) is 0 Å². The number of benzene rings is 1. The lowest BCUT2D eigenvalue weighted by molar-refractivity contribution is 0.0508. The summed E-state index contributed by atoms with van der Waals surface area (Å²) in [7, 11) is -3.25. The zero-order valence-electron chi connectivity index (χ0n) is 19.1. The Morgan fingerprint density at radius 3 is 2.53 bits per heavy atom. The van der Waals surface area contributed by atoms with E-state index in [0.717, 1.165) is 16.8 Å². The van der Waals surface area contributed by atoms with Crippen molar-refractivity contribution < 1.29 is 17.9 Å². The summed E-state index contributed by atoms with van der Waals surface area (Å²) in [5.74, 6) is 0.729. The summed E-state index contributed by atoms with van der Waals surface area (Å²) < 4.78 is 31.2. The number of pyridine rings is 1. The number of amides is 1. The molecule has 3 rings (SSSR count). The second-order valence-electron chi connectivity index (χ2n) is 9.23. The molecule has 1 fully saturated rings. The normalized spacial score (nSPS) is 16.8. The van der Waals surface area contributed by atoms with Gasteiger partial charge in [0, 0.05) is 30.1 Å². The zero-order chi connectivity index (χ0) is 23.7. The molecule has 1 aliphatic heterocycles. The number of anilines is 1. The molecule has 32 heavy (non-hydrogen) atoms. The summed E-state index contributed by atoms with van der Waals surface area (Å²) in [5.41, 5.74) is 0.935. The van der Waals surface area contributed by atoms with E-state index in [1.165, 1.54) is 6.26 Å². The summed E-state index contributed by atoms with van der Waals surface area (Å²) in [4.78, 5) is 19.4. The summed E-state index contributed by atoms with van der Waals surface area (Å²) in [6, 6.07) is 7.12. The number of carbonyl (C=O) groups is 1. The Balaban J connectivity index is 1.90. The number of para-hydroxylation sites is 1. The van der Waals surface area contributed by atoms with Gasteiger partial charge in [-0.1, -0.05) is 23.7 Å². The average molecular weight is 483 g/mol. The number of ether oxygens (including phenoxy) is 1. The molecule has 1 aromatic heterocycles. The maximum absolute atomic E-state index is 12.4. The molecule has 0 radical (unpaired) electrons. The molecule has 1 atom stereocenters. The number of alkyl carbamates (subject to hydrolysis) is 1. The molecule has 8 nitrogen and oxygen atoms in total. The zero-order valence-corrected chi connectivity index (χ0v) is 20.7. The van der Waals surface area contributed by atoms with E-state index in [1.807, 2.05) is 45.9 Å². The first kappa shape index (κ1) is 24.5. The van der Waals surface area contributed by atoms with Gasteiger partial charge >= 0.3 is 6.09 Å². The number of sulfonamides is 1. The standard InChI is InChI=1S/C22H31ClN4O4S/c1-14(24-21(28)31-22(2,3)4)17-13-15-7-6-8-18(23)19(15)25-20(17)27-11-9-16(10-12-27)26-32(5,29)30/h6-8,13-14,16,26H,9-12H2,1-5H3,(H,24,28). The van der Waals surface area contributed by atoms with Crippen molar-refractivity contribution in [1.29, 1.82) is 0 Å². The van der Waals surface area contributed by atoms with Crippen LogP contribution in [0.2, 0.25) is 5.02 Å². The Bertz CT molecular complexity index is 1090. The van der Waals surface area contributed by atoms with E-state index in [1.54, 1.807) is 6.07 Å². The predicted molar refractivity (Wildman–Crippen MR) is 128 cm³/mol. The summed E-state index contributed by atoms with van der Waals surface area (Å²) in [6.45, 7) is 8.59. The molecule has 0 saturated carbocycles. The van der Waals surface area contributed by atoms with Crippen LogP contribution < -0.4 is 14.9 Å². The van der Waals surface area contributed by atoms with Gasteiger partial charge in [0.05, 0.1) is 22.8 Å². The Morgan fingerprint density at radius 1 is 1.28 bits per heavy atom. The quantitative estimate of drug-likeness (QED) is 0.668. The number of fused-ring (bicyclic) bond motifs is 1. The average Bonchev–Trinajstić information content (AvgIpc) is 2.65. The van der Waals surface area contributed by atoms with Crippen molar-refractivity contribution in [1.82, 2.24) is 15.0 Å². The fourth-order valence-electron chi connectivity index (χ4n) is 3.81. The van der Waals surface area contributed by atoms with Gasteiger partial charge in [0.2, 0.25) is 10.0 Å². The minimum Gasteiger partial charge on any atom is -0.444 e. The number of hydrogen-bond donors (Lipinski definition) is 2. The molecule has 1 aromatic carbocycles. The second kappa shape index (κ2) is 9.41. The van der Waals surface area contributed by atoms with Crippen LogP contribution in [0, 0.1) is 0 Å². The smallest absolute Gasteiger partial charge is 0.408 e. The largest absolute Gasteiger partial charge is 0.444 e. The van der Waals surface area contributed by atoms with Gasteiger partial charge < -0.3 is 15.0 Å². The molecule has 1 unspecified atom stereocenters. The predicted octanol–water partition coefficient (Wildman–Crippen LogP) is 3.99. The highest BCUT2D eigenvalue weighted by atomic mass is 35.5. The highest BCUT2D eigenvalue weighted by Crippen LogP contribution is 2.33. The van der Waals surface area contributed by atoms with Crippen LogP contribution in [0.1, 0.15) is 52.1 Å². The highest BCUT2D eigenvalue weighted by Gasteiger charge is 2.27. The molecule has 2 heterocycles. The SMILES string of the molecule is CC(NC(=O)OC(C)(C)C)c1cc2cccc(Cl)c2nc1N1CCC(NS(C)(=O)=O)CC1. The van der Waals surface area contributed by atoms with Crippen LogP contribution in [-0.4, -0.2) is 50.5 Å². The minimum atomic E-state index is -3.25. The molecule has 176 valence electrons. The van der Waals surface area contributed by atoms with E-state index in [-0.39, 0.29) is 12.1 Å². The van der Waals surface area contributed by atoms with Gasteiger partial charge in [-0.05, 0) is 52.7 Å². The van der Waals surface area contributed by atoms with E-state index >= 15 is 0 Å². The first-order valence-electron chi connectivity index (χ1n) is 10.6. The summed E-state index contributed by atoms with van der Waals surface area (Å²) >= 11 is 6.41. The lowest BCUT2D eigenvalue weighted by Crippen LogP contribution is -2.45. The van der Waals surface area contributed by atoms with Gasteiger partial charge in [-0.2, -0.15) is 0 Å². The number of carbonyl (C=O) groups excluding carboxylic acids is 1. The Hall–Kier alpha value is -2.10. The molecule has 2 N–H and O–H groups in total. The first-order valence-corrected chi connectivity index (χ1v) is 12.9. The number of hydrogen-bond acceptors (Lipinski definition) is 6. The van der Waals surface area contributed by atoms with Crippen molar-refractivity contribution in [3.63, 3.8) is 0 Å². The topological polar surface area (TPSA) is 101 Å². The number of nitrogens with one attached hydrogen (secondary N) is 2. The molecule has 0 aliphatic carbocycles. The summed E-state index contributed by atoms with van der Waals surface area (Å²) in [5, 5.41) is 4.33. The molecular formula is C22H31ClN4O4S. The minimum absolute atomic E-state index is 0.106. The number of rotatable bonds is 5.